The third-order valence-electron chi connectivity index (χ3n) is 3.03. The van der Waals surface area contributed by atoms with Gasteiger partial charge >= 0.3 is 5.97 Å². The predicted octanol–water partition coefficient (Wildman–Crippen LogP) is 2.52. The number of methoxy groups -OCH3 is 1. The molecule has 20 heavy (non-hydrogen) atoms. The SMILES string of the molecule is COc1ccccc1C(C)NC(=O)CCCCC(=O)O. The Morgan fingerprint density at radius 1 is 1.25 bits per heavy atom. The summed E-state index contributed by atoms with van der Waals surface area (Å²) in [6.07, 6.45) is 1.55. The summed E-state index contributed by atoms with van der Waals surface area (Å²) in [5.74, 6) is -0.159. The lowest BCUT2D eigenvalue weighted by Gasteiger charge is -2.17. The maximum atomic E-state index is 11.8. The number of benzene rings is 1. The van der Waals surface area contributed by atoms with E-state index in [0.29, 0.717) is 19.3 Å². The summed E-state index contributed by atoms with van der Waals surface area (Å²) in [6.45, 7) is 1.90. The van der Waals surface area contributed by atoms with Crippen LogP contribution in [-0.2, 0) is 9.59 Å². The van der Waals surface area contributed by atoms with E-state index in [9.17, 15) is 9.59 Å². The van der Waals surface area contributed by atoms with Gasteiger partial charge < -0.3 is 15.2 Å². The number of unbranched alkanes of at least 4 members (excludes halogenated alkanes) is 1. The van der Waals surface area contributed by atoms with Crippen molar-refractivity contribution in [2.75, 3.05) is 7.11 Å². The first-order valence-electron chi connectivity index (χ1n) is 6.68. The van der Waals surface area contributed by atoms with E-state index in [2.05, 4.69) is 5.32 Å². The van der Waals surface area contributed by atoms with Crippen molar-refractivity contribution < 1.29 is 19.4 Å². The Labute approximate surface area is 118 Å². The number of para-hydroxylation sites is 1. The molecule has 5 nitrogen and oxygen atoms in total. The molecule has 0 aliphatic carbocycles. The van der Waals surface area contributed by atoms with Crippen LogP contribution in [0.25, 0.3) is 0 Å². The van der Waals surface area contributed by atoms with Crippen LogP contribution in [0.3, 0.4) is 0 Å². The van der Waals surface area contributed by atoms with Gasteiger partial charge in [0, 0.05) is 18.4 Å². The van der Waals surface area contributed by atoms with E-state index in [-0.39, 0.29) is 18.4 Å². The van der Waals surface area contributed by atoms with Crippen molar-refractivity contribution in [3.63, 3.8) is 0 Å². The van der Waals surface area contributed by atoms with Gasteiger partial charge in [-0.25, -0.2) is 0 Å². The molecule has 0 aliphatic heterocycles. The normalized spacial score (nSPS) is 11.7. The molecule has 1 amide bonds. The number of aliphatic carboxylic acids is 1. The summed E-state index contributed by atoms with van der Waals surface area (Å²) in [5, 5.41) is 11.4. The zero-order valence-electron chi connectivity index (χ0n) is 11.9. The van der Waals surface area contributed by atoms with E-state index in [1.165, 1.54) is 0 Å². The number of carboxylic acids is 1. The molecule has 1 aromatic carbocycles. The molecule has 0 saturated carbocycles. The van der Waals surface area contributed by atoms with Gasteiger partial charge in [-0.1, -0.05) is 18.2 Å². The molecule has 5 heteroatoms. The highest BCUT2D eigenvalue weighted by Gasteiger charge is 2.13. The van der Waals surface area contributed by atoms with E-state index in [1.807, 2.05) is 31.2 Å². The third-order valence-corrected chi connectivity index (χ3v) is 3.03. The Bertz CT molecular complexity index is 459. The number of carboxylic acid groups (broad SMARTS) is 1. The highest BCUT2D eigenvalue weighted by molar-refractivity contribution is 5.76. The monoisotopic (exact) mass is 279 g/mol. The largest absolute Gasteiger partial charge is 0.496 e. The van der Waals surface area contributed by atoms with Gasteiger partial charge in [-0.15, -0.1) is 0 Å². The molecule has 0 aromatic heterocycles. The zero-order chi connectivity index (χ0) is 15.0. The first-order chi connectivity index (χ1) is 9.54. The number of hydrogen-bond acceptors (Lipinski definition) is 3. The van der Waals surface area contributed by atoms with Crippen molar-refractivity contribution in [3.05, 3.63) is 29.8 Å². The second-order valence-corrected chi connectivity index (χ2v) is 4.63. The Morgan fingerprint density at radius 3 is 2.55 bits per heavy atom. The van der Waals surface area contributed by atoms with Gasteiger partial charge in [0.25, 0.3) is 0 Å². The van der Waals surface area contributed by atoms with Crippen LogP contribution in [0.5, 0.6) is 5.75 Å². The van der Waals surface area contributed by atoms with E-state index in [0.717, 1.165) is 11.3 Å². The molecule has 0 heterocycles. The molecule has 0 aliphatic rings. The second-order valence-electron chi connectivity index (χ2n) is 4.63. The zero-order valence-corrected chi connectivity index (χ0v) is 11.9. The fourth-order valence-electron chi connectivity index (χ4n) is 1.98. The maximum Gasteiger partial charge on any atom is 0.303 e. The second kappa shape index (κ2) is 8.19. The number of carbonyl (C=O) groups excluding carboxylic acids is 1. The van der Waals surface area contributed by atoms with E-state index in [1.54, 1.807) is 7.11 Å². The standard InChI is InChI=1S/C15H21NO4/c1-11(12-7-3-4-8-13(12)20-2)16-14(17)9-5-6-10-15(18)19/h3-4,7-8,11H,5-6,9-10H2,1-2H3,(H,16,17)(H,18,19). The summed E-state index contributed by atoms with van der Waals surface area (Å²) in [6, 6.07) is 7.40. The Balaban J connectivity index is 2.43. The average Bonchev–Trinajstić information content (AvgIpc) is 2.43. The summed E-state index contributed by atoms with van der Waals surface area (Å²) < 4.78 is 5.26. The lowest BCUT2D eigenvalue weighted by molar-refractivity contribution is -0.137. The number of hydrogen-bond donors (Lipinski definition) is 2. The van der Waals surface area contributed by atoms with Crippen LogP contribution in [-0.4, -0.2) is 24.1 Å². The van der Waals surface area contributed by atoms with Crippen LogP contribution >= 0.6 is 0 Å². The quantitative estimate of drug-likeness (QED) is 0.717. The Kier molecular flexibility index (Phi) is 6.56. The lowest BCUT2D eigenvalue weighted by atomic mass is 10.1. The molecule has 0 bridgehead atoms. The van der Waals surface area contributed by atoms with Crippen LogP contribution in [0.1, 0.15) is 44.2 Å². The minimum atomic E-state index is -0.826. The van der Waals surface area contributed by atoms with Crippen molar-refractivity contribution in [3.8, 4) is 5.75 Å². The first-order valence-corrected chi connectivity index (χ1v) is 6.68. The van der Waals surface area contributed by atoms with Gasteiger partial charge in [-0.3, -0.25) is 9.59 Å². The highest BCUT2D eigenvalue weighted by Crippen LogP contribution is 2.24. The van der Waals surface area contributed by atoms with Crippen LogP contribution < -0.4 is 10.1 Å². The average molecular weight is 279 g/mol. The molecule has 0 saturated heterocycles. The van der Waals surface area contributed by atoms with Gasteiger partial charge in [0.15, 0.2) is 0 Å². The molecule has 1 rings (SSSR count). The van der Waals surface area contributed by atoms with Crippen LogP contribution in [0.4, 0.5) is 0 Å². The molecule has 0 spiro atoms. The molecule has 2 N–H and O–H groups in total. The van der Waals surface area contributed by atoms with E-state index < -0.39 is 5.97 Å². The number of rotatable bonds is 8. The molecule has 110 valence electrons. The maximum absolute atomic E-state index is 11.8. The molecule has 0 radical (unpaired) electrons. The highest BCUT2D eigenvalue weighted by atomic mass is 16.5. The van der Waals surface area contributed by atoms with Crippen molar-refractivity contribution in [1.82, 2.24) is 5.32 Å². The van der Waals surface area contributed by atoms with E-state index in [4.69, 9.17) is 9.84 Å². The van der Waals surface area contributed by atoms with Gasteiger partial charge in [-0.2, -0.15) is 0 Å². The summed E-state index contributed by atoms with van der Waals surface area (Å²) in [7, 11) is 1.60. The van der Waals surface area contributed by atoms with Gasteiger partial charge in [0.05, 0.1) is 13.2 Å². The molecule has 1 unspecified atom stereocenters. The summed E-state index contributed by atoms with van der Waals surface area (Å²) in [5.41, 5.74) is 0.925. The first kappa shape index (κ1) is 16.0. The summed E-state index contributed by atoms with van der Waals surface area (Å²) in [4.78, 5) is 22.1. The van der Waals surface area contributed by atoms with Gasteiger partial charge in [0.2, 0.25) is 5.91 Å². The minimum absolute atomic E-state index is 0.0752. The molecule has 1 atom stereocenters. The number of nitrogens with one attached hydrogen (secondary N) is 1. The molecular formula is C15H21NO4. The predicted molar refractivity (Wildman–Crippen MR) is 75.7 cm³/mol. The van der Waals surface area contributed by atoms with Crippen molar-refractivity contribution in [2.45, 2.75) is 38.6 Å². The lowest BCUT2D eigenvalue weighted by Crippen LogP contribution is -2.26. The van der Waals surface area contributed by atoms with Crippen molar-refractivity contribution in [2.24, 2.45) is 0 Å². The third kappa shape index (κ3) is 5.30. The van der Waals surface area contributed by atoms with Gasteiger partial charge in [-0.05, 0) is 25.8 Å². The van der Waals surface area contributed by atoms with Crippen LogP contribution in [0, 0.1) is 0 Å². The van der Waals surface area contributed by atoms with Crippen molar-refractivity contribution in [1.29, 1.82) is 0 Å². The number of amides is 1. The minimum Gasteiger partial charge on any atom is -0.496 e. The molecule has 1 aromatic rings. The Hall–Kier alpha value is -2.04. The topological polar surface area (TPSA) is 75.6 Å². The van der Waals surface area contributed by atoms with Crippen LogP contribution in [0.2, 0.25) is 0 Å². The van der Waals surface area contributed by atoms with Crippen molar-refractivity contribution >= 4 is 11.9 Å². The fourth-order valence-corrected chi connectivity index (χ4v) is 1.98. The van der Waals surface area contributed by atoms with Gasteiger partial charge in [0.1, 0.15) is 5.75 Å². The number of ether oxygens (including phenoxy) is 1. The number of carbonyl (C=O) groups is 2. The Morgan fingerprint density at radius 2 is 1.90 bits per heavy atom. The van der Waals surface area contributed by atoms with Crippen LogP contribution in [0.15, 0.2) is 24.3 Å². The van der Waals surface area contributed by atoms with E-state index >= 15 is 0 Å². The summed E-state index contributed by atoms with van der Waals surface area (Å²) >= 11 is 0. The smallest absolute Gasteiger partial charge is 0.303 e. The fraction of sp³-hybridized carbons (Fsp3) is 0.467. The molecular weight excluding hydrogens is 258 g/mol. The molecule has 0 fully saturated rings.